The number of hydrogen-bond acceptors (Lipinski definition) is 6. The summed E-state index contributed by atoms with van der Waals surface area (Å²) in [6, 6.07) is 8.19. The predicted molar refractivity (Wildman–Crippen MR) is 143 cm³/mol. The first-order chi connectivity index (χ1) is 18.5. The van der Waals surface area contributed by atoms with Crippen molar-refractivity contribution >= 4 is 27.8 Å². The van der Waals surface area contributed by atoms with Crippen LogP contribution in [0.15, 0.2) is 49.1 Å². The number of nitrogens with zero attached hydrogens (tertiary/aromatic N) is 6. The van der Waals surface area contributed by atoms with Crippen LogP contribution in [0, 0.1) is 0 Å². The molecule has 0 unspecified atom stereocenters. The Morgan fingerprint density at radius 2 is 1.79 bits per heavy atom. The summed E-state index contributed by atoms with van der Waals surface area (Å²) < 4.78 is 27.3. The van der Waals surface area contributed by atoms with E-state index in [-0.39, 0.29) is 13.0 Å². The highest BCUT2D eigenvalue weighted by Crippen LogP contribution is 2.34. The van der Waals surface area contributed by atoms with Crippen molar-refractivity contribution in [1.82, 2.24) is 35.0 Å². The highest BCUT2D eigenvalue weighted by molar-refractivity contribution is 5.99. The molecule has 2 N–H and O–H groups in total. The Morgan fingerprint density at radius 3 is 2.63 bits per heavy atom. The summed E-state index contributed by atoms with van der Waals surface area (Å²) >= 11 is 0. The molecule has 0 spiro atoms. The molecule has 7 heterocycles. The normalized spacial score (nSPS) is 18.1. The van der Waals surface area contributed by atoms with E-state index in [1.165, 1.54) is 19.3 Å². The van der Waals surface area contributed by atoms with Gasteiger partial charge in [0.25, 0.3) is 5.92 Å². The molecular weight excluding hydrogens is 486 g/mol. The molecule has 2 saturated heterocycles. The number of alkyl halides is 2. The molecule has 0 amide bonds. The lowest BCUT2D eigenvalue weighted by molar-refractivity contribution is 0.0115. The average Bonchev–Trinajstić information content (AvgIpc) is 3.64. The van der Waals surface area contributed by atoms with E-state index in [0.717, 1.165) is 63.3 Å². The zero-order valence-electron chi connectivity index (χ0n) is 20.9. The van der Waals surface area contributed by atoms with Crippen LogP contribution in [0.1, 0.15) is 31.2 Å². The van der Waals surface area contributed by atoms with E-state index in [2.05, 4.69) is 42.2 Å². The number of pyridine rings is 3. The largest absolute Gasteiger partial charge is 0.356 e. The smallest absolute Gasteiger partial charge is 0.261 e. The number of anilines is 1. The van der Waals surface area contributed by atoms with Crippen molar-refractivity contribution < 1.29 is 8.78 Å². The van der Waals surface area contributed by atoms with Gasteiger partial charge >= 0.3 is 0 Å². The van der Waals surface area contributed by atoms with Crippen molar-refractivity contribution in [3.05, 3.63) is 54.6 Å². The van der Waals surface area contributed by atoms with Crippen LogP contribution in [0.25, 0.3) is 44.5 Å². The maximum absolute atomic E-state index is 13.6. The number of piperidine rings is 1. The highest BCUT2D eigenvalue weighted by atomic mass is 19.3. The monoisotopic (exact) mass is 514 g/mol. The number of aromatic amines is 2. The van der Waals surface area contributed by atoms with Gasteiger partial charge in [-0.1, -0.05) is 0 Å². The maximum atomic E-state index is 13.6. The Kier molecular flexibility index (Phi) is 5.57. The lowest BCUT2D eigenvalue weighted by Crippen LogP contribution is -2.30. The second-order valence-corrected chi connectivity index (χ2v) is 10.4. The van der Waals surface area contributed by atoms with Crippen molar-refractivity contribution in [3.8, 4) is 22.5 Å². The van der Waals surface area contributed by atoms with Gasteiger partial charge in [-0.25, -0.2) is 18.7 Å². The molecule has 7 rings (SSSR count). The lowest BCUT2D eigenvalue weighted by atomic mass is 10.1. The van der Waals surface area contributed by atoms with E-state index in [9.17, 15) is 8.78 Å². The summed E-state index contributed by atoms with van der Waals surface area (Å²) in [6.07, 6.45) is 10.7. The first-order valence-corrected chi connectivity index (χ1v) is 13.1. The molecule has 5 aromatic heterocycles. The van der Waals surface area contributed by atoms with Crippen molar-refractivity contribution in [2.24, 2.45) is 0 Å². The quantitative estimate of drug-likeness (QED) is 0.327. The fourth-order valence-electron chi connectivity index (χ4n) is 5.72. The Balaban J connectivity index is 1.22. The second-order valence-electron chi connectivity index (χ2n) is 10.4. The van der Waals surface area contributed by atoms with E-state index in [1.54, 1.807) is 23.5 Å². The van der Waals surface area contributed by atoms with E-state index < -0.39 is 5.92 Å². The summed E-state index contributed by atoms with van der Waals surface area (Å²) in [5.74, 6) is -1.59. The van der Waals surface area contributed by atoms with Crippen LogP contribution in [-0.2, 0) is 6.54 Å². The highest BCUT2D eigenvalue weighted by Gasteiger charge is 2.37. The van der Waals surface area contributed by atoms with E-state index in [1.807, 2.05) is 18.3 Å². The number of rotatable bonds is 5. The molecule has 0 bridgehead atoms. The van der Waals surface area contributed by atoms with Crippen molar-refractivity contribution in [1.29, 1.82) is 0 Å². The number of aromatic nitrogens is 6. The minimum atomic E-state index is -2.61. The number of nitrogens with one attached hydrogen (secondary N) is 2. The van der Waals surface area contributed by atoms with Crippen molar-refractivity contribution in [2.75, 3.05) is 31.1 Å². The van der Waals surface area contributed by atoms with Crippen molar-refractivity contribution in [3.63, 3.8) is 0 Å². The third-order valence-corrected chi connectivity index (χ3v) is 7.64. The topological polar surface area (TPSA) is 89.6 Å². The minimum absolute atomic E-state index is 0.0900. The van der Waals surface area contributed by atoms with E-state index >= 15 is 0 Å². The van der Waals surface area contributed by atoms with Crippen LogP contribution in [0.5, 0.6) is 0 Å². The van der Waals surface area contributed by atoms with Gasteiger partial charge in [0, 0.05) is 79.3 Å². The Hall–Kier alpha value is -3.92. The molecule has 0 radical (unpaired) electrons. The first-order valence-electron chi connectivity index (χ1n) is 13.1. The molecule has 8 nitrogen and oxygen atoms in total. The first kappa shape index (κ1) is 23.2. The molecule has 5 aromatic rings. The van der Waals surface area contributed by atoms with Crippen LogP contribution >= 0.6 is 0 Å². The zero-order chi connectivity index (χ0) is 25.7. The number of fused-ring (bicyclic) bond motifs is 2. The molecule has 2 aliphatic heterocycles. The van der Waals surface area contributed by atoms with Gasteiger partial charge in [0.1, 0.15) is 11.5 Å². The third-order valence-electron chi connectivity index (χ3n) is 7.64. The molecular formula is C28H28F2N8. The van der Waals surface area contributed by atoms with Gasteiger partial charge in [-0.2, -0.15) is 5.10 Å². The second kappa shape index (κ2) is 9.13. The summed E-state index contributed by atoms with van der Waals surface area (Å²) in [5.41, 5.74) is 6.11. The van der Waals surface area contributed by atoms with Crippen LogP contribution in [0.2, 0.25) is 0 Å². The van der Waals surface area contributed by atoms with Gasteiger partial charge in [-0.15, -0.1) is 0 Å². The molecule has 194 valence electrons. The molecule has 0 saturated carbocycles. The zero-order valence-corrected chi connectivity index (χ0v) is 20.9. The molecule has 2 fully saturated rings. The summed E-state index contributed by atoms with van der Waals surface area (Å²) in [6.45, 7) is 2.69. The average molecular weight is 515 g/mol. The van der Waals surface area contributed by atoms with E-state index in [0.29, 0.717) is 18.7 Å². The van der Waals surface area contributed by atoms with Crippen molar-refractivity contribution in [2.45, 2.75) is 38.2 Å². The van der Waals surface area contributed by atoms with Crippen LogP contribution in [0.4, 0.5) is 14.6 Å². The number of likely N-dealkylation sites (tertiary alicyclic amines) is 1. The summed E-state index contributed by atoms with van der Waals surface area (Å²) in [5, 5.41) is 9.63. The van der Waals surface area contributed by atoms with Crippen LogP contribution in [0.3, 0.4) is 0 Å². The molecule has 0 atom stereocenters. The Labute approximate surface area is 218 Å². The number of hydrogen-bond donors (Lipinski definition) is 2. The molecule has 0 aliphatic carbocycles. The lowest BCUT2D eigenvalue weighted by Gasteiger charge is -2.28. The van der Waals surface area contributed by atoms with Gasteiger partial charge in [-0.05, 0) is 49.1 Å². The van der Waals surface area contributed by atoms with Gasteiger partial charge in [-0.3, -0.25) is 15.0 Å². The molecule has 10 heteroatoms. The molecule has 38 heavy (non-hydrogen) atoms. The molecule has 2 aliphatic rings. The van der Waals surface area contributed by atoms with Gasteiger partial charge in [0.2, 0.25) is 0 Å². The van der Waals surface area contributed by atoms with Crippen LogP contribution < -0.4 is 4.90 Å². The summed E-state index contributed by atoms with van der Waals surface area (Å²) in [7, 11) is 0. The Bertz CT molecular complexity index is 1620. The minimum Gasteiger partial charge on any atom is -0.356 e. The number of halogens is 2. The standard InChI is InChI=1S/C28H28F2N8/c29-28(30)5-9-37(17-28)16-18-10-19(14-31-13-18)20-11-22-25(35-36-26(22)33-15-20)24-12-21-23(34-24)4-6-32-27(21)38-7-2-1-3-8-38/h4,6,10-15,34H,1-3,5,7-9,16-17H2,(H,33,35,36). The van der Waals surface area contributed by atoms with Gasteiger partial charge < -0.3 is 9.88 Å². The fourth-order valence-corrected chi connectivity index (χ4v) is 5.72. The molecule has 0 aromatic carbocycles. The van der Waals surface area contributed by atoms with Gasteiger partial charge in [0.15, 0.2) is 5.65 Å². The fraction of sp³-hybridized carbons (Fsp3) is 0.357. The SMILES string of the molecule is FC1(F)CCN(Cc2cncc(-c3cnc4[nH]nc(-c5cc6c(N7CCCCC7)nccc6[nH]5)c4c3)c2)C1. The number of H-pyrrole nitrogens is 2. The predicted octanol–water partition coefficient (Wildman–Crippen LogP) is 5.39. The van der Waals surface area contributed by atoms with Gasteiger partial charge in [0.05, 0.1) is 17.8 Å². The third kappa shape index (κ3) is 4.28. The summed E-state index contributed by atoms with van der Waals surface area (Å²) in [4.78, 5) is 21.4. The Morgan fingerprint density at radius 1 is 0.921 bits per heavy atom. The van der Waals surface area contributed by atoms with E-state index in [4.69, 9.17) is 4.98 Å². The van der Waals surface area contributed by atoms with Crippen LogP contribution in [-0.4, -0.2) is 67.1 Å². The maximum Gasteiger partial charge on any atom is 0.261 e.